The highest BCUT2D eigenvalue weighted by Gasteiger charge is 2.09. The van der Waals surface area contributed by atoms with Gasteiger partial charge in [-0.3, -0.25) is 4.98 Å². The van der Waals surface area contributed by atoms with Gasteiger partial charge >= 0.3 is 0 Å². The third kappa shape index (κ3) is 1.98. The van der Waals surface area contributed by atoms with E-state index in [2.05, 4.69) is 4.98 Å². The number of benzene rings is 1. The largest absolute Gasteiger partial charge is 0.383 e. The minimum atomic E-state index is -0.0945. The maximum absolute atomic E-state index is 6.02. The van der Waals surface area contributed by atoms with Crippen LogP contribution in [0.4, 0.5) is 0 Å². The summed E-state index contributed by atoms with van der Waals surface area (Å²) in [7, 11) is 1.66. The molecule has 1 unspecified atom stereocenters. The molecule has 1 heterocycles. The Balaban J connectivity index is 2.50. The fourth-order valence-electron chi connectivity index (χ4n) is 1.71. The number of para-hydroxylation sites is 1. The fraction of sp³-hybridized carbons (Fsp3) is 0.250. The first kappa shape index (κ1) is 10.1. The number of hydrogen-bond donors (Lipinski definition) is 1. The Morgan fingerprint density at radius 2 is 2.13 bits per heavy atom. The Morgan fingerprint density at radius 1 is 1.33 bits per heavy atom. The van der Waals surface area contributed by atoms with Gasteiger partial charge in [-0.15, -0.1) is 0 Å². The van der Waals surface area contributed by atoms with Gasteiger partial charge < -0.3 is 10.5 Å². The highest BCUT2D eigenvalue weighted by molar-refractivity contribution is 5.82. The molecule has 3 heteroatoms. The zero-order valence-corrected chi connectivity index (χ0v) is 8.68. The topological polar surface area (TPSA) is 48.1 Å². The van der Waals surface area contributed by atoms with Crippen molar-refractivity contribution in [3.8, 4) is 0 Å². The van der Waals surface area contributed by atoms with Crippen molar-refractivity contribution in [3.05, 3.63) is 42.1 Å². The quantitative estimate of drug-likeness (QED) is 0.826. The van der Waals surface area contributed by atoms with Gasteiger partial charge in [-0.1, -0.05) is 18.2 Å². The summed E-state index contributed by atoms with van der Waals surface area (Å²) in [4.78, 5) is 4.29. The summed E-state index contributed by atoms with van der Waals surface area (Å²) >= 11 is 0. The van der Waals surface area contributed by atoms with Gasteiger partial charge in [-0.25, -0.2) is 0 Å². The number of rotatable bonds is 3. The van der Waals surface area contributed by atoms with Crippen LogP contribution in [0.15, 0.2) is 36.5 Å². The Labute approximate surface area is 88.9 Å². The summed E-state index contributed by atoms with van der Waals surface area (Å²) in [5.74, 6) is 0. The van der Waals surface area contributed by atoms with Gasteiger partial charge in [0.2, 0.25) is 0 Å². The summed E-state index contributed by atoms with van der Waals surface area (Å²) in [5.41, 5.74) is 8.08. The van der Waals surface area contributed by atoms with Crippen molar-refractivity contribution in [1.29, 1.82) is 0 Å². The Bertz CT molecular complexity index is 451. The maximum atomic E-state index is 6.02. The van der Waals surface area contributed by atoms with Crippen LogP contribution in [-0.2, 0) is 4.74 Å². The normalized spacial score (nSPS) is 12.9. The van der Waals surface area contributed by atoms with Crippen LogP contribution in [-0.4, -0.2) is 18.7 Å². The molecule has 1 aromatic carbocycles. The number of hydrogen-bond acceptors (Lipinski definition) is 3. The third-order valence-corrected chi connectivity index (χ3v) is 2.43. The maximum Gasteiger partial charge on any atom is 0.0705 e. The third-order valence-electron chi connectivity index (χ3n) is 2.43. The van der Waals surface area contributed by atoms with Crippen molar-refractivity contribution in [2.75, 3.05) is 13.7 Å². The van der Waals surface area contributed by atoms with Crippen LogP contribution < -0.4 is 5.73 Å². The number of ether oxygens (including phenoxy) is 1. The smallest absolute Gasteiger partial charge is 0.0705 e. The number of pyridine rings is 1. The minimum Gasteiger partial charge on any atom is -0.383 e. The van der Waals surface area contributed by atoms with Gasteiger partial charge in [-0.2, -0.15) is 0 Å². The van der Waals surface area contributed by atoms with Gasteiger partial charge in [0.1, 0.15) is 0 Å². The van der Waals surface area contributed by atoms with E-state index in [4.69, 9.17) is 10.5 Å². The summed E-state index contributed by atoms with van der Waals surface area (Å²) in [6.07, 6.45) is 1.78. The van der Waals surface area contributed by atoms with E-state index in [1.807, 2.05) is 30.3 Å². The van der Waals surface area contributed by atoms with Crippen molar-refractivity contribution >= 4 is 10.9 Å². The second-order valence-electron chi connectivity index (χ2n) is 3.48. The second-order valence-corrected chi connectivity index (χ2v) is 3.48. The first-order valence-corrected chi connectivity index (χ1v) is 4.91. The molecule has 3 nitrogen and oxygen atoms in total. The van der Waals surface area contributed by atoms with E-state index in [9.17, 15) is 0 Å². The summed E-state index contributed by atoms with van der Waals surface area (Å²) in [5, 5.41) is 1.10. The number of aromatic nitrogens is 1. The average Bonchev–Trinajstić information content (AvgIpc) is 2.28. The number of methoxy groups -OCH3 is 1. The number of nitrogens with zero attached hydrogens (tertiary/aromatic N) is 1. The molecule has 15 heavy (non-hydrogen) atoms. The lowest BCUT2D eigenvalue weighted by atomic mass is 10.0. The van der Waals surface area contributed by atoms with E-state index in [1.54, 1.807) is 13.3 Å². The molecule has 0 fully saturated rings. The van der Waals surface area contributed by atoms with Crippen molar-refractivity contribution in [3.63, 3.8) is 0 Å². The van der Waals surface area contributed by atoms with Crippen LogP contribution >= 0.6 is 0 Å². The van der Waals surface area contributed by atoms with Crippen LogP contribution in [0.5, 0.6) is 0 Å². The van der Waals surface area contributed by atoms with E-state index >= 15 is 0 Å². The molecule has 0 saturated heterocycles. The molecule has 0 saturated carbocycles. The summed E-state index contributed by atoms with van der Waals surface area (Å²) in [6, 6.07) is 9.84. The lowest BCUT2D eigenvalue weighted by Crippen LogP contribution is -2.16. The van der Waals surface area contributed by atoms with Gasteiger partial charge in [-0.05, 0) is 17.7 Å². The van der Waals surface area contributed by atoms with Crippen LogP contribution in [0, 0.1) is 0 Å². The molecule has 0 radical (unpaired) electrons. The molecule has 1 atom stereocenters. The average molecular weight is 202 g/mol. The zero-order chi connectivity index (χ0) is 10.7. The van der Waals surface area contributed by atoms with Crippen molar-refractivity contribution in [1.82, 2.24) is 4.98 Å². The molecule has 0 aliphatic rings. The highest BCUT2D eigenvalue weighted by atomic mass is 16.5. The summed E-state index contributed by atoms with van der Waals surface area (Å²) < 4.78 is 5.06. The number of fused-ring (bicyclic) bond motifs is 1. The van der Waals surface area contributed by atoms with E-state index in [0.717, 1.165) is 16.5 Å². The molecule has 2 N–H and O–H groups in total. The molecule has 2 rings (SSSR count). The molecule has 0 amide bonds. The molecular weight excluding hydrogens is 188 g/mol. The minimum absolute atomic E-state index is 0.0945. The van der Waals surface area contributed by atoms with Crippen LogP contribution in [0.3, 0.4) is 0 Å². The standard InChI is InChI=1S/C12H14N2O/c1-15-8-11(13)9-6-7-14-12-5-3-2-4-10(9)12/h2-7,11H,8,13H2,1H3. The molecule has 0 spiro atoms. The first-order valence-electron chi connectivity index (χ1n) is 4.91. The molecule has 0 bridgehead atoms. The first-order chi connectivity index (χ1) is 7.33. The zero-order valence-electron chi connectivity index (χ0n) is 8.68. The SMILES string of the molecule is COCC(N)c1ccnc2ccccc12. The summed E-state index contributed by atoms with van der Waals surface area (Å²) in [6.45, 7) is 0.522. The Hall–Kier alpha value is -1.45. The number of nitrogens with two attached hydrogens (primary N) is 1. The van der Waals surface area contributed by atoms with Gasteiger partial charge in [0.25, 0.3) is 0 Å². The lowest BCUT2D eigenvalue weighted by molar-refractivity contribution is 0.181. The predicted octanol–water partition coefficient (Wildman–Crippen LogP) is 1.88. The Kier molecular flexibility index (Phi) is 2.94. The van der Waals surface area contributed by atoms with Crippen molar-refractivity contribution < 1.29 is 4.74 Å². The fourth-order valence-corrected chi connectivity index (χ4v) is 1.71. The lowest BCUT2D eigenvalue weighted by Gasteiger charge is -2.12. The van der Waals surface area contributed by atoms with Crippen molar-refractivity contribution in [2.24, 2.45) is 5.73 Å². The molecular formula is C12H14N2O. The van der Waals surface area contributed by atoms with E-state index in [1.165, 1.54) is 0 Å². The molecule has 0 aliphatic heterocycles. The van der Waals surface area contributed by atoms with E-state index in [-0.39, 0.29) is 6.04 Å². The van der Waals surface area contributed by atoms with Crippen LogP contribution in [0.1, 0.15) is 11.6 Å². The van der Waals surface area contributed by atoms with Crippen LogP contribution in [0.25, 0.3) is 10.9 Å². The molecule has 1 aromatic heterocycles. The predicted molar refractivity (Wildman–Crippen MR) is 60.5 cm³/mol. The second kappa shape index (κ2) is 4.38. The van der Waals surface area contributed by atoms with Gasteiger partial charge in [0, 0.05) is 18.7 Å². The van der Waals surface area contributed by atoms with E-state index < -0.39 is 0 Å². The molecule has 0 aliphatic carbocycles. The molecule has 78 valence electrons. The van der Waals surface area contributed by atoms with Gasteiger partial charge in [0.15, 0.2) is 0 Å². The highest BCUT2D eigenvalue weighted by Crippen LogP contribution is 2.21. The monoisotopic (exact) mass is 202 g/mol. The van der Waals surface area contributed by atoms with Gasteiger partial charge in [0.05, 0.1) is 18.2 Å². The Morgan fingerprint density at radius 3 is 2.93 bits per heavy atom. The van der Waals surface area contributed by atoms with Crippen molar-refractivity contribution in [2.45, 2.75) is 6.04 Å². The molecule has 2 aromatic rings. The van der Waals surface area contributed by atoms with Crippen LogP contribution in [0.2, 0.25) is 0 Å². The van der Waals surface area contributed by atoms with E-state index in [0.29, 0.717) is 6.61 Å².